The van der Waals surface area contributed by atoms with Crippen molar-refractivity contribution in [2.24, 2.45) is 5.73 Å². The van der Waals surface area contributed by atoms with Gasteiger partial charge in [0.05, 0.1) is 25.9 Å². The topological polar surface area (TPSA) is 259 Å². The van der Waals surface area contributed by atoms with E-state index in [1.165, 1.54) is 6.08 Å². The number of nitrogens with zero attached hydrogens (tertiary/aromatic N) is 1. The maximum Gasteiger partial charge on any atom is 0.490 e. The maximum atomic E-state index is 12.3. The summed E-state index contributed by atoms with van der Waals surface area (Å²) in [7, 11) is -16.7. The minimum absolute atomic E-state index is 0.000245. The standard InChI is InChI=1S/C15H22N3O14P3/c1-2-6-28-11-7-13(18-8-10(4-3-5-16)14(19)17-15(18)20)30-12(11)9-29-34(24,25)32-35(26,27)31-33(21,22)23/h2,8,11-13H,1,5-7,9,16H2,(H,24,25)(H,26,27)(H,17,19,20)(H2,21,22,23)/t11-,12?,13?/m1/s1. The van der Waals surface area contributed by atoms with Gasteiger partial charge in [0.25, 0.3) is 5.56 Å². The Morgan fingerprint density at radius 1 is 1.23 bits per heavy atom. The summed E-state index contributed by atoms with van der Waals surface area (Å²) >= 11 is 0. The summed E-state index contributed by atoms with van der Waals surface area (Å²) in [6, 6.07) is 0. The quantitative estimate of drug-likeness (QED) is 0.108. The number of H-pyrrole nitrogens is 1. The Kier molecular flexibility index (Phi) is 10.1. The van der Waals surface area contributed by atoms with Crippen molar-refractivity contribution in [2.75, 3.05) is 19.8 Å². The molecule has 0 saturated carbocycles. The fourth-order valence-corrected chi connectivity index (χ4v) is 5.82. The van der Waals surface area contributed by atoms with E-state index in [1.54, 1.807) is 0 Å². The van der Waals surface area contributed by atoms with E-state index in [1.807, 2.05) is 0 Å². The first-order chi connectivity index (χ1) is 16.2. The molecule has 0 amide bonds. The predicted molar refractivity (Wildman–Crippen MR) is 116 cm³/mol. The van der Waals surface area contributed by atoms with Crippen LogP contribution in [-0.4, -0.2) is 61.1 Å². The van der Waals surface area contributed by atoms with E-state index < -0.39 is 59.8 Å². The molecule has 4 unspecified atom stereocenters. The van der Waals surface area contributed by atoms with E-state index >= 15 is 0 Å². The zero-order valence-electron chi connectivity index (χ0n) is 17.7. The molecular formula is C15H22N3O14P3. The molecule has 2 heterocycles. The number of phosphoric ester groups is 1. The number of aromatic amines is 1. The van der Waals surface area contributed by atoms with Gasteiger partial charge in [-0.15, -0.1) is 6.58 Å². The zero-order chi connectivity index (χ0) is 26.4. The highest BCUT2D eigenvalue weighted by Gasteiger charge is 2.43. The first-order valence-corrected chi connectivity index (χ1v) is 13.9. The third-order valence-electron chi connectivity index (χ3n) is 4.03. The van der Waals surface area contributed by atoms with E-state index in [2.05, 4.69) is 36.5 Å². The van der Waals surface area contributed by atoms with Crippen molar-refractivity contribution in [3.05, 3.63) is 45.3 Å². The molecule has 5 atom stereocenters. The van der Waals surface area contributed by atoms with Gasteiger partial charge in [-0.05, 0) is 0 Å². The van der Waals surface area contributed by atoms with Gasteiger partial charge in [0.15, 0.2) is 0 Å². The van der Waals surface area contributed by atoms with E-state index in [9.17, 15) is 33.1 Å². The van der Waals surface area contributed by atoms with Gasteiger partial charge in [0, 0.05) is 12.6 Å². The highest BCUT2D eigenvalue weighted by Crippen LogP contribution is 2.66. The number of ether oxygens (including phenoxy) is 2. The lowest BCUT2D eigenvalue weighted by atomic mass is 10.2. The van der Waals surface area contributed by atoms with Gasteiger partial charge >= 0.3 is 29.2 Å². The predicted octanol–water partition coefficient (Wildman–Crippen LogP) is -0.951. The molecule has 0 aromatic carbocycles. The normalized spacial score (nSPS) is 23.6. The Hall–Kier alpha value is -1.73. The molecule has 1 aromatic heterocycles. The van der Waals surface area contributed by atoms with Crippen LogP contribution in [-0.2, 0) is 36.3 Å². The van der Waals surface area contributed by atoms with Crippen molar-refractivity contribution in [1.82, 2.24) is 9.55 Å². The number of hydrogen-bond donors (Lipinski definition) is 6. The van der Waals surface area contributed by atoms with Crippen LogP contribution in [0.25, 0.3) is 0 Å². The Morgan fingerprint density at radius 3 is 2.51 bits per heavy atom. The Labute approximate surface area is 196 Å². The Morgan fingerprint density at radius 2 is 1.91 bits per heavy atom. The van der Waals surface area contributed by atoms with Crippen LogP contribution in [0, 0.1) is 11.8 Å². The molecule has 0 aliphatic carbocycles. The fraction of sp³-hybridized carbons (Fsp3) is 0.467. The van der Waals surface area contributed by atoms with Gasteiger partial charge in [-0.3, -0.25) is 18.9 Å². The summed E-state index contributed by atoms with van der Waals surface area (Å²) in [6.07, 6.45) is -0.607. The molecule has 196 valence electrons. The van der Waals surface area contributed by atoms with E-state index in [0.717, 1.165) is 10.8 Å². The largest absolute Gasteiger partial charge is 0.490 e. The highest BCUT2D eigenvalue weighted by molar-refractivity contribution is 7.66. The molecule has 1 aliphatic rings. The summed E-state index contributed by atoms with van der Waals surface area (Å²) in [6.45, 7) is 2.64. The average Bonchev–Trinajstić information content (AvgIpc) is 3.10. The fourth-order valence-electron chi connectivity index (χ4n) is 2.79. The molecular weight excluding hydrogens is 539 g/mol. The van der Waals surface area contributed by atoms with Crippen LogP contribution < -0.4 is 17.0 Å². The molecule has 1 fully saturated rings. The molecule has 20 heteroatoms. The van der Waals surface area contributed by atoms with Crippen LogP contribution in [0.5, 0.6) is 0 Å². The highest BCUT2D eigenvalue weighted by atomic mass is 31.3. The Balaban J connectivity index is 2.20. The van der Waals surface area contributed by atoms with Crippen molar-refractivity contribution in [2.45, 2.75) is 24.9 Å². The van der Waals surface area contributed by atoms with Crippen molar-refractivity contribution in [3.8, 4) is 11.8 Å². The third-order valence-corrected chi connectivity index (χ3v) is 7.83. The molecule has 17 nitrogen and oxygen atoms in total. The summed E-state index contributed by atoms with van der Waals surface area (Å²) in [5.41, 5.74) is 3.59. The van der Waals surface area contributed by atoms with Crippen LogP contribution in [0.15, 0.2) is 28.4 Å². The SMILES string of the molecule is C=CCO[C@@H]1CC(n2cc(C#CCN)c(=O)[nH]c2=O)OC1COP(=O)(O)OP(=O)(O)OP(=O)(O)O. The number of rotatable bonds is 11. The Bertz CT molecular complexity index is 1240. The number of nitrogens with one attached hydrogen (secondary N) is 1. The molecule has 0 bridgehead atoms. The van der Waals surface area contributed by atoms with Crippen LogP contribution in [0.1, 0.15) is 18.2 Å². The van der Waals surface area contributed by atoms with Crippen molar-refractivity contribution in [1.29, 1.82) is 0 Å². The third kappa shape index (κ3) is 9.34. The second-order valence-corrected chi connectivity index (χ2v) is 11.0. The second kappa shape index (κ2) is 12.0. The maximum absolute atomic E-state index is 12.3. The van der Waals surface area contributed by atoms with Gasteiger partial charge in [-0.1, -0.05) is 17.9 Å². The first-order valence-electron chi connectivity index (χ1n) is 9.37. The van der Waals surface area contributed by atoms with Crippen LogP contribution in [0.2, 0.25) is 0 Å². The minimum atomic E-state index is -5.70. The summed E-state index contributed by atoms with van der Waals surface area (Å²) < 4.78 is 58.2. The van der Waals surface area contributed by atoms with Crippen LogP contribution >= 0.6 is 23.5 Å². The number of aromatic nitrogens is 2. The average molecular weight is 561 g/mol. The lowest BCUT2D eigenvalue weighted by molar-refractivity contribution is -0.0571. The number of phosphoric acid groups is 3. The number of nitrogens with two attached hydrogens (primary N) is 1. The van der Waals surface area contributed by atoms with Crippen molar-refractivity contribution >= 4 is 23.5 Å². The number of hydrogen-bond acceptors (Lipinski definition) is 11. The van der Waals surface area contributed by atoms with Gasteiger partial charge in [0.1, 0.15) is 17.9 Å². The first kappa shape index (κ1) is 29.5. The van der Waals surface area contributed by atoms with Gasteiger partial charge in [-0.2, -0.15) is 8.62 Å². The second-order valence-electron chi connectivity index (χ2n) is 6.63. The molecule has 2 rings (SSSR count). The van der Waals surface area contributed by atoms with Crippen LogP contribution in [0.4, 0.5) is 0 Å². The lowest BCUT2D eigenvalue weighted by Crippen LogP contribution is -2.33. The van der Waals surface area contributed by atoms with Crippen molar-refractivity contribution < 1.29 is 55.9 Å². The zero-order valence-corrected chi connectivity index (χ0v) is 20.3. The van der Waals surface area contributed by atoms with Gasteiger partial charge in [0.2, 0.25) is 0 Å². The van der Waals surface area contributed by atoms with Gasteiger partial charge < -0.3 is 34.8 Å². The molecule has 1 aliphatic heterocycles. The molecule has 0 radical (unpaired) electrons. The summed E-state index contributed by atoms with van der Waals surface area (Å²) in [5.74, 6) is 4.96. The molecule has 0 spiro atoms. The van der Waals surface area contributed by atoms with Crippen molar-refractivity contribution in [3.63, 3.8) is 0 Å². The lowest BCUT2D eigenvalue weighted by Gasteiger charge is -2.21. The van der Waals surface area contributed by atoms with Gasteiger partial charge in [-0.25, -0.2) is 18.5 Å². The molecule has 1 saturated heterocycles. The monoisotopic (exact) mass is 561 g/mol. The summed E-state index contributed by atoms with van der Waals surface area (Å²) in [5, 5.41) is 0. The van der Waals surface area contributed by atoms with E-state index in [0.29, 0.717) is 0 Å². The molecule has 7 N–H and O–H groups in total. The van der Waals surface area contributed by atoms with E-state index in [4.69, 9.17) is 25.0 Å². The minimum Gasteiger partial charge on any atom is -0.371 e. The summed E-state index contributed by atoms with van der Waals surface area (Å²) in [4.78, 5) is 62.3. The smallest absolute Gasteiger partial charge is 0.371 e. The van der Waals surface area contributed by atoms with E-state index in [-0.39, 0.29) is 25.1 Å². The molecule has 1 aromatic rings. The molecule has 35 heavy (non-hydrogen) atoms. The van der Waals surface area contributed by atoms with Crippen LogP contribution in [0.3, 0.4) is 0 Å².